The number of rotatable bonds is 6. The molecule has 1 aromatic carbocycles. The molecule has 0 spiro atoms. The zero-order chi connectivity index (χ0) is 14.3. The minimum atomic E-state index is -0.874. The number of nitrogens with two attached hydrogens (primary N) is 1. The molecule has 0 atom stereocenters. The molecule has 0 aromatic heterocycles. The largest absolute Gasteiger partial charge is 0.492 e. The highest BCUT2D eigenvalue weighted by Crippen LogP contribution is 2.10. The average Bonchev–Trinajstić information content (AvgIpc) is 2.30. The van der Waals surface area contributed by atoms with E-state index in [9.17, 15) is 14.0 Å². The highest BCUT2D eigenvalue weighted by molar-refractivity contribution is 5.94. The van der Waals surface area contributed by atoms with Crippen molar-refractivity contribution in [3.63, 3.8) is 0 Å². The molecule has 0 heterocycles. The molecule has 6 nitrogen and oxygen atoms in total. The van der Waals surface area contributed by atoms with Crippen molar-refractivity contribution in [3.8, 4) is 5.75 Å². The van der Waals surface area contributed by atoms with Crippen LogP contribution in [0.2, 0.25) is 0 Å². The van der Waals surface area contributed by atoms with Gasteiger partial charge in [-0.05, 0) is 31.3 Å². The zero-order valence-electron chi connectivity index (χ0n) is 10.6. The Kier molecular flexibility index (Phi) is 5.74. The lowest BCUT2D eigenvalue weighted by molar-refractivity contribution is -0.120. The SMILES string of the molecule is CN(CCOc1ccc(F)cc1)CC(=O)NC(N)=O. The van der Waals surface area contributed by atoms with Crippen molar-refractivity contribution in [2.24, 2.45) is 5.73 Å². The van der Waals surface area contributed by atoms with Gasteiger partial charge in [0.2, 0.25) is 5.91 Å². The van der Waals surface area contributed by atoms with Gasteiger partial charge in [-0.3, -0.25) is 15.0 Å². The molecule has 0 unspecified atom stereocenters. The monoisotopic (exact) mass is 269 g/mol. The number of carbonyl (C=O) groups excluding carboxylic acids is 2. The summed E-state index contributed by atoms with van der Waals surface area (Å²) in [4.78, 5) is 23.3. The summed E-state index contributed by atoms with van der Waals surface area (Å²) in [5.74, 6) is -0.249. The highest BCUT2D eigenvalue weighted by Gasteiger charge is 2.08. The number of urea groups is 1. The van der Waals surface area contributed by atoms with Crippen LogP contribution in [0.4, 0.5) is 9.18 Å². The van der Waals surface area contributed by atoms with Crippen LogP contribution in [0.15, 0.2) is 24.3 Å². The number of likely N-dealkylation sites (N-methyl/N-ethyl adjacent to an activating group) is 1. The topological polar surface area (TPSA) is 84.7 Å². The molecule has 3 amide bonds. The fourth-order valence-corrected chi connectivity index (χ4v) is 1.35. The number of nitrogens with zero attached hydrogens (tertiary/aromatic N) is 1. The minimum Gasteiger partial charge on any atom is -0.492 e. The fourth-order valence-electron chi connectivity index (χ4n) is 1.35. The summed E-state index contributed by atoms with van der Waals surface area (Å²) in [5, 5.41) is 1.96. The Morgan fingerprint density at radius 2 is 2.00 bits per heavy atom. The van der Waals surface area contributed by atoms with Crippen LogP contribution < -0.4 is 15.8 Å². The molecule has 104 valence electrons. The molecule has 1 rings (SSSR count). The number of benzene rings is 1. The van der Waals surface area contributed by atoms with Gasteiger partial charge in [0.05, 0.1) is 6.54 Å². The third kappa shape index (κ3) is 6.37. The van der Waals surface area contributed by atoms with E-state index < -0.39 is 11.9 Å². The van der Waals surface area contributed by atoms with E-state index in [-0.39, 0.29) is 12.4 Å². The molecular formula is C12H16FN3O3. The first-order valence-electron chi connectivity index (χ1n) is 5.63. The van der Waals surface area contributed by atoms with Gasteiger partial charge in [-0.15, -0.1) is 0 Å². The van der Waals surface area contributed by atoms with Gasteiger partial charge < -0.3 is 10.5 Å². The zero-order valence-corrected chi connectivity index (χ0v) is 10.6. The number of carbonyl (C=O) groups is 2. The second-order valence-corrected chi connectivity index (χ2v) is 3.95. The Balaban J connectivity index is 2.23. The van der Waals surface area contributed by atoms with E-state index in [4.69, 9.17) is 10.5 Å². The molecule has 0 aliphatic rings. The maximum Gasteiger partial charge on any atom is 0.318 e. The first-order chi connectivity index (χ1) is 8.97. The number of hydrogen-bond donors (Lipinski definition) is 2. The summed E-state index contributed by atoms with van der Waals surface area (Å²) in [6.07, 6.45) is 0. The second-order valence-electron chi connectivity index (χ2n) is 3.95. The van der Waals surface area contributed by atoms with Gasteiger partial charge in [0.15, 0.2) is 0 Å². The Morgan fingerprint density at radius 3 is 2.58 bits per heavy atom. The molecule has 7 heteroatoms. The lowest BCUT2D eigenvalue weighted by Crippen LogP contribution is -2.42. The Labute approximate surface area is 110 Å². The number of nitrogens with one attached hydrogen (secondary N) is 1. The van der Waals surface area contributed by atoms with Crippen molar-refractivity contribution >= 4 is 11.9 Å². The summed E-state index contributed by atoms with van der Waals surface area (Å²) in [7, 11) is 1.70. The highest BCUT2D eigenvalue weighted by atomic mass is 19.1. The minimum absolute atomic E-state index is 0.0374. The molecule has 0 radical (unpaired) electrons. The van der Waals surface area contributed by atoms with E-state index >= 15 is 0 Å². The van der Waals surface area contributed by atoms with Crippen LogP contribution in [0.5, 0.6) is 5.75 Å². The van der Waals surface area contributed by atoms with Crippen molar-refractivity contribution in [2.45, 2.75) is 0 Å². The number of imide groups is 1. The van der Waals surface area contributed by atoms with E-state index in [0.717, 1.165) is 0 Å². The van der Waals surface area contributed by atoms with E-state index in [1.165, 1.54) is 24.3 Å². The Bertz CT molecular complexity index is 436. The van der Waals surface area contributed by atoms with E-state index in [2.05, 4.69) is 0 Å². The van der Waals surface area contributed by atoms with Crippen molar-refractivity contribution < 1.29 is 18.7 Å². The lowest BCUT2D eigenvalue weighted by Gasteiger charge is -2.15. The molecule has 0 saturated carbocycles. The predicted octanol–water partition coefficient (Wildman–Crippen LogP) is 0.331. The Hall–Kier alpha value is -2.15. The molecule has 0 aliphatic carbocycles. The van der Waals surface area contributed by atoms with Gasteiger partial charge in [0.1, 0.15) is 18.2 Å². The molecule has 1 aromatic rings. The van der Waals surface area contributed by atoms with Gasteiger partial charge in [-0.2, -0.15) is 0 Å². The summed E-state index contributed by atoms with van der Waals surface area (Å²) in [5.41, 5.74) is 4.81. The fraction of sp³-hybridized carbons (Fsp3) is 0.333. The summed E-state index contributed by atoms with van der Waals surface area (Å²) >= 11 is 0. The lowest BCUT2D eigenvalue weighted by atomic mass is 10.3. The van der Waals surface area contributed by atoms with E-state index in [1.807, 2.05) is 5.32 Å². The third-order valence-electron chi connectivity index (χ3n) is 2.23. The number of amides is 3. The average molecular weight is 269 g/mol. The summed E-state index contributed by atoms with van der Waals surface area (Å²) < 4.78 is 18.0. The van der Waals surface area contributed by atoms with Crippen molar-refractivity contribution in [3.05, 3.63) is 30.1 Å². The number of halogens is 1. The normalized spacial score (nSPS) is 10.3. The second kappa shape index (κ2) is 7.32. The molecule has 3 N–H and O–H groups in total. The van der Waals surface area contributed by atoms with Crippen LogP contribution in [0, 0.1) is 5.82 Å². The molecule has 19 heavy (non-hydrogen) atoms. The van der Waals surface area contributed by atoms with Gasteiger partial charge in [0.25, 0.3) is 0 Å². The van der Waals surface area contributed by atoms with Gasteiger partial charge in [-0.25, -0.2) is 9.18 Å². The van der Waals surface area contributed by atoms with Crippen LogP contribution >= 0.6 is 0 Å². The number of primary amides is 1. The van der Waals surface area contributed by atoms with Gasteiger partial charge in [-0.1, -0.05) is 0 Å². The van der Waals surface area contributed by atoms with Gasteiger partial charge in [0, 0.05) is 6.54 Å². The maximum absolute atomic E-state index is 12.6. The van der Waals surface area contributed by atoms with Crippen LogP contribution in [0.25, 0.3) is 0 Å². The van der Waals surface area contributed by atoms with Crippen molar-refractivity contribution in [1.29, 1.82) is 0 Å². The van der Waals surface area contributed by atoms with Crippen molar-refractivity contribution in [1.82, 2.24) is 10.2 Å². The molecule has 0 fully saturated rings. The predicted molar refractivity (Wildman–Crippen MR) is 67.1 cm³/mol. The molecular weight excluding hydrogens is 253 g/mol. The van der Waals surface area contributed by atoms with Crippen molar-refractivity contribution in [2.75, 3.05) is 26.7 Å². The quantitative estimate of drug-likeness (QED) is 0.779. The summed E-state index contributed by atoms with van der Waals surface area (Å²) in [6.45, 7) is 0.852. The maximum atomic E-state index is 12.6. The molecule has 0 saturated heterocycles. The molecule has 0 aliphatic heterocycles. The van der Waals surface area contributed by atoms with Crippen LogP contribution in [0.1, 0.15) is 0 Å². The van der Waals surface area contributed by atoms with E-state index in [1.54, 1.807) is 11.9 Å². The first-order valence-corrected chi connectivity index (χ1v) is 5.63. The van der Waals surface area contributed by atoms with Crippen LogP contribution in [0.3, 0.4) is 0 Å². The van der Waals surface area contributed by atoms with Crippen LogP contribution in [-0.4, -0.2) is 43.6 Å². The molecule has 0 bridgehead atoms. The van der Waals surface area contributed by atoms with E-state index in [0.29, 0.717) is 18.9 Å². The Morgan fingerprint density at radius 1 is 1.37 bits per heavy atom. The first kappa shape index (κ1) is 14.9. The summed E-state index contributed by atoms with van der Waals surface area (Å²) in [6, 6.07) is 4.78. The number of ether oxygens (including phenoxy) is 1. The van der Waals surface area contributed by atoms with Crippen LogP contribution in [-0.2, 0) is 4.79 Å². The standard InChI is InChI=1S/C12H16FN3O3/c1-16(8-11(17)15-12(14)18)6-7-19-10-4-2-9(13)3-5-10/h2-5H,6-8H2,1H3,(H3,14,15,17,18). The number of hydrogen-bond acceptors (Lipinski definition) is 4. The van der Waals surface area contributed by atoms with Gasteiger partial charge >= 0.3 is 6.03 Å². The smallest absolute Gasteiger partial charge is 0.318 e. The third-order valence-corrected chi connectivity index (χ3v) is 2.23.